The van der Waals surface area contributed by atoms with Crippen LogP contribution in [-0.2, 0) is 0 Å². The Balaban J connectivity index is 2.89. The fraction of sp³-hybridized carbons (Fsp3) is 0.444. The largest absolute Gasteiger partial charge is 0.477 e. The van der Waals surface area contributed by atoms with Crippen LogP contribution in [0.1, 0.15) is 29.7 Å². The van der Waals surface area contributed by atoms with Crippen molar-refractivity contribution in [2.24, 2.45) is 0 Å². The number of carbonyl (C=O) groups is 1. The van der Waals surface area contributed by atoms with Crippen molar-refractivity contribution in [2.75, 3.05) is 11.9 Å². The Labute approximate surface area is 82.2 Å². The lowest BCUT2D eigenvalue weighted by molar-refractivity contribution is 0.0690. The summed E-state index contributed by atoms with van der Waals surface area (Å²) in [5, 5.41) is 11.8. The number of rotatable bonds is 4. The number of hydrogen-bond donors (Lipinski definition) is 2. The summed E-state index contributed by atoms with van der Waals surface area (Å²) in [5.74, 6) is -0.00435. The van der Waals surface area contributed by atoms with E-state index in [4.69, 9.17) is 5.11 Å². The van der Waals surface area contributed by atoms with Crippen molar-refractivity contribution in [3.05, 3.63) is 17.6 Å². The van der Waals surface area contributed by atoms with Gasteiger partial charge in [0.25, 0.3) is 0 Å². The van der Waals surface area contributed by atoms with Crippen LogP contribution in [0.25, 0.3) is 0 Å². The van der Waals surface area contributed by atoms with Crippen LogP contribution in [0, 0.1) is 6.92 Å². The zero-order valence-corrected chi connectivity index (χ0v) is 8.24. The average Bonchev–Trinajstić information content (AvgIpc) is 2.14. The van der Waals surface area contributed by atoms with Gasteiger partial charge in [0.2, 0.25) is 0 Å². The zero-order chi connectivity index (χ0) is 10.6. The number of carboxylic acids is 1. The Hall–Kier alpha value is -1.65. The molecule has 5 nitrogen and oxygen atoms in total. The van der Waals surface area contributed by atoms with Crippen molar-refractivity contribution in [1.29, 1.82) is 0 Å². The van der Waals surface area contributed by atoms with Crippen LogP contribution < -0.4 is 5.32 Å². The summed E-state index contributed by atoms with van der Waals surface area (Å²) < 4.78 is 0. The smallest absolute Gasteiger partial charge is 0.354 e. The molecular weight excluding hydrogens is 182 g/mol. The van der Waals surface area contributed by atoms with E-state index in [1.807, 2.05) is 6.92 Å². The molecule has 0 fully saturated rings. The number of anilines is 1. The van der Waals surface area contributed by atoms with Gasteiger partial charge in [-0.15, -0.1) is 0 Å². The fourth-order valence-corrected chi connectivity index (χ4v) is 1.02. The molecule has 14 heavy (non-hydrogen) atoms. The van der Waals surface area contributed by atoms with E-state index in [1.165, 1.54) is 6.07 Å². The normalized spacial score (nSPS) is 9.86. The number of aromatic nitrogens is 2. The minimum Gasteiger partial charge on any atom is -0.477 e. The highest BCUT2D eigenvalue weighted by molar-refractivity contribution is 5.86. The van der Waals surface area contributed by atoms with Crippen LogP contribution >= 0.6 is 0 Å². The van der Waals surface area contributed by atoms with E-state index >= 15 is 0 Å². The van der Waals surface area contributed by atoms with E-state index in [1.54, 1.807) is 6.92 Å². The second-order valence-electron chi connectivity index (χ2n) is 2.92. The van der Waals surface area contributed by atoms with E-state index < -0.39 is 5.97 Å². The number of aromatic carboxylic acids is 1. The molecule has 0 amide bonds. The number of hydrogen-bond acceptors (Lipinski definition) is 4. The first-order chi connectivity index (χ1) is 6.63. The van der Waals surface area contributed by atoms with Crippen molar-refractivity contribution in [1.82, 2.24) is 9.97 Å². The predicted molar refractivity (Wildman–Crippen MR) is 52.5 cm³/mol. The van der Waals surface area contributed by atoms with Crippen molar-refractivity contribution in [3.8, 4) is 0 Å². The van der Waals surface area contributed by atoms with Gasteiger partial charge >= 0.3 is 5.97 Å². The van der Waals surface area contributed by atoms with Gasteiger partial charge in [-0.2, -0.15) is 0 Å². The number of aryl methyl sites for hydroxylation is 1. The first kappa shape index (κ1) is 10.4. The number of carboxylic acid groups (broad SMARTS) is 1. The van der Waals surface area contributed by atoms with Crippen LogP contribution in [-0.4, -0.2) is 27.6 Å². The van der Waals surface area contributed by atoms with Crippen molar-refractivity contribution >= 4 is 11.8 Å². The summed E-state index contributed by atoms with van der Waals surface area (Å²) in [6.07, 6.45) is 0.964. The molecule has 5 heteroatoms. The summed E-state index contributed by atoms with van der Waals surface area (Å²) in [5.41, 5.74) is 0.0242. The highest BCUT2D eigenvalue weighted by Gasteiger charge is 2.07. The third kappa shape index (κ3) is 2.69. The number of nitrogens with one attached hydrogen (secondary N) is 1. The molecule has 0 bridgehead atoms. The molecule has 0 aliphatic heterocycles. The summed E-state index contributed by atoms with van der Waals surface area (Å²) in [6.45, 7) is 4.47. The lowest BCUT2D eigenvalue weighted by Gasteiger charge is -2.05. The third-order valence-corrected chi connectivity index (χ3v) is 1.61. The zero-order valence-electron chi connectivity index (χ0n) is 8.24. The van der Waals surface area contributed by atoms with Gasteiger partial charge in [-0.05, 0) is 13.3 Å². The average molecular weight is 195 g/mol. The van der Waals surface area contributed by atoms with E-state index in [0.717, 1.165) is 13.0 Å². The molecule has 0 aliphatic carbocycles. The van der Waals surface area contributed by atoms with Gasteiger partial charge in [0.05, 0.1) is 0 Å². The topological polar surface area (TPSA) is 75.1 Å². The summed E-state index contributed by atoms with van der Waals surface area (Å²) in [6, 6.07) is 1.44. The highest BCUT2D eigenvalue weighted by atomic mass is 16.4. The SMILES string of the molecule is CCCNc1cc(C(=O)O)nc(C)n1. The van der Waals surface area contributed by atoms with Gasteiger partial charge in [-0.25, -0.2) is 14.8 Å². The van der Waals surface area contributed by atoms with Crippen LogP contribution in [0.2, 0.25) is 0 Å². The quantitative estimate of drug-likeness (QED) is 0.757. The van der Waals surface area contributed by atoms with E-state index in [0.29, 0.717) is 11.6 Å². The molecule has 0 saturated heterocycles. The molecule has 1 aromatic rings. The van der Waals surface area contributed by atoms with E-state index in [2.05, 4.69) is 15.3 Å². The Morgan fingerprint density at radius 1 is 1.57 bits per heavy atom. The predicted octanol–water partition coefficient (Wildman–Crippen LogP) is 1.31. The van der Waals surface area contributed by atoms with Gasteiger partial charge in [0, 0.05) is 12.6 Å². The van der Waals surface area contributed by atoms with Crippen LogP contribution in [0.3, 0.4) is 0 Å². The van der Waals surface area contributed by atoms with Gasteiger partial charge in [0.1, 0.15) is 11.6 Å². The fourth-order valence-electron chi connectivity index (χ4n) is 1.02. The Morgan fingerprint density at radius 2 is 2.29 bits per heavy atom. The minimum atomic E-state index is -1.03. The summed E-state index contributed by atoms with van der Waals surface area (Å²) in [7, 11) is 0. The molecule has 0 spiro atoms. The second kappa shape index (κ2) is 4.55. The third-order valence-electron chi connectivity index (χ3n) is 1.61. The van der Waals surface area contributed by atoms with E-state index in [-0.39, 0.29) is 5.69 Å². The first-order valence-corrected chi connectivity index (χ1v) is 4.46. The van der Waals surface area contributed by atoms with Gasteiger partial charge in [-0.1, -0.05) is 6.92 Å². The molecule has 0 saturated carbocycles. The van der Waals surface area contributed by atoms with Gasteiger partial charge < -0.3 is 10.4 Å². The molecule has 2 N–H and O–H groups in total. The van der Waals surface area contributed by atoms with E-state index in [9.17, 15) is 4.79 Å². The molecule has 1 heterocycles. The number of nitrogens with zero attached hydrogens (tertiary/aromatic N) is 2. The summed E-state index contributed by atoms with van der Waals surface area (Å²) in [4.78, 5) is 18.5. The molecule has 1 rings (SSSR count). The Morgan fingerprint density at radius 3 is 2.86 bits per heavy atom. The monoisotopic (exact) mass is 195 g/mol. The Bertz CT molecular complexity index is 339. The lowest BCUT2D eigenvalue weighted by atomic mass is 10.3. The van der Waals surface area contributed by atoms with Gasteiger partial charge in [0.15, 0.2) is 5.69 Å². The van der Waals surface area contributed by atoms with Gasteiger partial charge in [-0.3, -0.25) is 0 Å². The lowest BCUT2D eigenvalue weighted by Crippen LogP contribution is -2.08. The maximum Gasteiger partial charge on any atom is 0.354 e. The molecule has 1 aromatic heterocycles. The highest BCUT2D eigenvalue weighted by Crippen LogP contribution is 2.06. The summed E-state index contributed by atoms with van der Waals surface area (Å²) >= 11 is 0. The van der Waals surface area contributed by atoms with Crippen molar-refractivity contribution < 1.29 is 9.90 Å². The van der Waals surface area contributed by atoms with Crippen LogP contribution in [0.5, 0.6) is 0 Å². The van der Waals surface area contributed by atoms with Crippen molar-refractivity contribution in [2.45, 2.75) is 20.3 Å². The minimum absolute atomic E-state index is 0.0242. The second-order valence-corrected chi connectivity index (χ2v) is 2.92. The molecule has 0 aromatic carbocycles. The maximum atomic E-state index is 10.7. The Kier molecular flexibility index (Phi) is 3.39. The standard InChI is InChI=1S/C9H13N3O2/c1-3-4-10-8-5-7(9(13)14)11-6(2)12-8/h5H,3-4H2,1-2H3,(H,13,14)(H,10,11,12). The van der Waals surface area contributed by atoms with Crippen LogP contribution in [0.4, 0.5) is 5.82 Å². The molecule has 76 valence electrons. The first-order valence-electron chi connectivity index (χ1n) is 4.46. The molecule has 0 unspecified atom stereocenters. The van der Waals surface area contributed by atoms with Crippen LogP contribution in [0.15, 0.2) is 6.07 Å². The maximum absolute atomic E-state index is 10.7. The molecule has 0 radical (unpaired) electrons. The molecule has 0 aliphatic rings. The molecule has 0 atom stereocenters. The van der Waals surface area contributed by atoms with Crippen molar-refractivity contribution in [3.63, 3.8) is 0 Å². The molecular formula is C9H13N3O2.